The Morgan fingerprint density at radius 1 is 1.18 bits per heavy atom. The number of hydrogen-bond acceptors (Lipinski definition) is 2. The van der Waals surface area contributed by atoms with Gasteiger partial charge < -0.3 is 0 Å². The molecule has 2 unspecified atom stereocenters. The molecule has 0 aliphatic heterocycles. The van der Waals surface area contributed by atoms with Crippen molar-refractivity contribution in [3.63, 3.8) is 0 Å². The van der Waals surface area contributed by atoms with Crippen LogP contribution in [0, 0.1) is 5.92 Å². The van der Waals surface area contributed by atoms with Gasteiger partial charge in [0.1, 0.15) is 0 Å². The van der Waals surface area contributed by atoms with Crippen molar-refractivity contribution in [3.05, 3.63) is 29.8 Å². The van der Waals surface area contributed by atoms with Crippen molar-refractivity contribution < 1.29 is 27.8 Å². The second kappa shape index (κ2) is 9.07. The van der Waals surface area contributed by atoms with Gasteiger partial charge in [-0.1, -0.05) is 0 Å². The molecule has 0 radical (unpaired) electrons. The molecular weight excluding hydrogens is 333 g/mol. The number of benzene rings is 1. The van der Waals surface area contributed by atoms with E-state index in [0.717, 1.165) is 5.75 Å². The summed E-state index contributed by atoms with van der Waals surface area (Å²) < 4.78 is 10.9. The van der Waals surface area contributed by atoms with Gasteiger partial charge in [0.15, 0.2) is 0 Å². The van der Waals surface area contributed by atoms with Crippen molar-refractivity contribution in [2.45, 2.75) is 31.6 Å². The van der Waals surface area contributed by atoms with Gasteiger partial charge in [-0.15, -0.1) is 17.0 Å². The molecule has 0 bridgehead atoms. The fraction of sp³-hybridized carbons (Fsp3) is 0.538. The number of halogens is 1. The minimum absolute atomic E-state index is 0. The maximum absolute atomic E-state index is 5.83. The van der Waals surface area contributed by atoms with Gasteiger partial charge in [-0.25, -0.2) is 0 Å². The van der Waals surface area contributed by atoms with Crippen molar-refractivity contribution in [1.82, 2.24) is 0 Å². The Kier molecular flexibility index (Phi) is 9.12. The normalized spacial score (nSPS) is 13.7. The Morgan fingerprint density at radius 2 is 1.76 bits per heavy atom. The van der Waals surface area contributed by atoms with Gasteiger partial charge in [-0.3, -0.25) is 0 Å². The summed E-state index contributed by atoms with van der Waals surface area (Å²) in [6.45, 7) is 5.10. The molecule has 0 amide bonds. The van der Waals surface area contributed by atoms with E-state index >= 15 is 0 Å². The molecule has 1 aromatic carbocycles. The fourth-order valence-electron chi connectivity index (χ4n) is 1.35. The molecule has 0 fully saturated rings. The first-order valence-corrected chi connectivity index (χ1v) is 7.81. The number of methoxy groups -OCH3 is 1. The molecule has 17 heavy (non-hydrogen) atoms. The summed E-state index contributed by atoms with van der Waals surface area (Å²) in [6, 6.07) is 8.05. The molecule has 2 nitrogen and oxygen atoms in total. The van der Waals surface area contributed by atoms with Crippen molar-refractivity contribution >= 4 is 17.0 Å². The van der Waals surface area contributed by atoms with Gasteiger partial charge in [0.05, 0.1) is 0 Å². The molecular formula is C13H20BrO2Zn. The van der Waals surface area contributed by atoms with Gasteiger partial charge >= 0.3 is 108 Å². The van der Waals surface area contributed by atoms with Gasteiger partial charge in [0.25, 0.3) is 0 Å². The van der Waals surface area contributed by atoms with Crippen LogP contribution in [-0.2, 0) is 29.6 Å². The predicted octanol–water partition coefficient (Wildman–Crippen LogP) is 3.78. The van der Waals surface area contributed by atoms with Crippen LogP contribution in [0.3, 0.4) is 0 Å². The van der Waals surface area contributed by atoms with E-state index in [9.17, 15) is 0 Å². The van der Waals surface area contributed by atoms with Crippen LogP contribution in [0.25, 0.3) is 0 Å². The van der Waals surface area contributed by atoms with E-state index in [4.69, 9.17) is 9.47 Å². The van der Waals surface area contributed by atoms with Crippen molar-refractivity contribution in [3.8, 4) is 5.75 Å². The van der Waals surface area contributed by atoms with E-state index in [2.05, 4.69) is 26.0 Å². The van der Waals surface area contributed by atoms with Crippen molar-refractivity contribution in [2.75, 3.05) is 7.11 Å². The molecule has 1 rings (SSSR count). The molecule has 0 spiro atoms. The Hall–Kier alpha value is 0.0834. The zero-order chi connectivity index (χ0) is 12.0. The number of ether oxygens (including phenoxy) is 2. The van der Waals surface area contributed by atoms with Crippen LogP contribution in [-0.4, -0.2) is 13.2 Å². The zero-order valence-electron chi connectivity index (χ0n) is 10.8. The van der Waals surface area contributed by atoms with Crippen LogP contribution in [0.15, 0.2) is 24.3 Å². The summed E-state index contributed by atoms with van der Waals surface area (Å²) in [5.41, 5.74) is 1.20. The summed E-state index contributed by atoms with van der Waals surface area (Å²) in [5.74, 6) is 1.56. The first kappa shape index (κ1) is 17.1. The SMILES string of the molecule is Br.COc1ccc(COC(C)C(C)[CH2][Zn])cc1. The van der Waals surface area contributed by atoms with Crippen molar-refractivity contribution in [1.29, 1.82) is 0 Å². The van der Waals surface area contributed by atoms with Gasteiger partial charge in [0, 0.05) is 0 Å². The average Bonchev–Trinajstić information content (AvgIpc) is 2.35. The summed E-state index contributed by atoms with van der Waals surface area (Å²) in [7, 11) is 1.68. The van der Waals surface area contributed by atoms with Crippen molar-refractivity contribution in [2.24, 2.45) is 5.92 Å². The molecule has 0 heterocycles. The third-order valence-corrected chi connectivity index (χ3v) is 4.84. The molecule has 93 valence electrons. The predicted molar refractivity (Wildman–Crippen MR) is 71.5 cm³/mol. The summed E-state index contributed by atoms with van der Waals surface area (Å²) in [6.07, 6.45) is 0.343. The Morgan fingerprint density at radius 3 is 2.24 bits per heavy atom. The molecule has 4 heteroatoms. The summed E-state index contributed by atoms with van der Waals surface area (Å²) in [4.78, 5) is 0. The molecule has 0 aliphatic rings. The Labute approximate surface area is 125 Å². The summed E-state index contributed by atoms with van der Waals surface area (Å²) >= 11 is 1.34. The van der Waals surface area contributed by atoms with Crippen LogP contribution in [0.1, 0.15) is 19.4 Å². The molecule has 0 aliphatic carbocycles. The molecule has 0 saturated heterocycles. The third-order valence-electron chi connectivity index (χ3n) is 2.93. The number of hydrogen-bond donors (Lipinski definition) is 0. The van der Waals surface area contributed by atoms with Crippen LogP contribution in [0.2, 0.25) is 5.02 Å². The second-order valence-electron chi connectivity index (χ2n) is 4.13. The van der Waals surface area contributed by atoms with E-state index in [1.807, 2.05) is 12.1 Å². The van der Waals surface area contributed by atoms with Gasteiger partial charge in [-0.05, 0) is 0 Å². The van der Waals surface area contributed by atoms with E-state index in [1.54, 1.807) is 7.11 Å². The first-order chi connectivity index (χ1) is 7.67. The zero-order valence-corrected chi connectivity index (χ0v) is 15.5. The Bertz CT molecular complexity index is 303. The quantitative estimate of drug-likeness (QED) is 0.725. The Balaban J connectivity index is 0.00000256. The van der Waals surface area contributed by atoms with Gasteiger partial charge in [-0.2, -0.15) is 0 Å². The van der Waals surface area contributed by atoms with Gasteiger partial charge in [0.2, 0.25) is 0 Å². The molecule has 0 saturated carbocycles. The second-order valence-corrected chi connectivity index (χ2v) is 5.34. The van der Waals surface area contributed by atoms with E-state index in [-0.39, 0.29) is 17.0 Å². The average molecular weight is 354 g/mol. The van der Waals surface area contributed by atoms with Crippen LogP contribution >= 0.6 is 17.0 Å². The topological polar surface area (TPSA) is 18.5 Å². The molecule has 2 atom stereocenters. The monoisotopic (exact) mass is 351 g/mol. The van der Waals surface area contributed by atoms with Crippen LogP contribution < -0.4 is 4.74 Å². The maximum atomic E-state index is 5.83. The minimum atomic E-state index is 0. The van der Waals surface area contributed by atoms with E-state index < -0.39 is 0 Å². The van der Waals surface area contributed by atoms with E-state index in [0.29, 0.717) is 18.6 Å². The fourth-order valence-corrected chi connectivity index (χ4v) is 2.33. The standard InChI is InChI=1S/C13H19O2.BrH.Zn/c1-10(2)11(3)15-9-12-5-7-13(14-4)8-6-12;;/h5-8,10-11H,1,9H2,2-4H3;1H;. The number of rotatable bonds is 6. The van der Waals surface area contributed by atoms with Crippen LogP contribution in [0.5, 0.6) is 5.75 Å². The molecule has 0 N–H and O–H groups in total. The van der Waals surface area contributed by atoms with Crippen LogP contribution in [0.4, 0.5) is 0 Å². The third kappa shape index (κ3) is 5.99. The summed E-state index contributed by atoms with van der Waals surface area (Å²) in [5, 5.41) is 1.28. The molecule has 1 aromatic rings. The first-order valence-electron chi connectivity index (χ1n) is 5.71. The van der Waals surface area contributed by atoms with E-state index in [1.165, 1.54) is 28.9 Å². The molecule has 0 aromatic heterocycles.